The first-order valence-corrected chi connectivity index (χ1v) is 9.93. The van der Waals surface area contributed by atoms with Gasteiger partial charge in [0.25, 0.3) is 5.91 Å². The van der Waals surface area contributed by atoms with Crippen molar-refractivity contribution < 1.29 is 9.53 Å². The van der Waals surface area contributed by atoms with Gasteiger partial charge in [0, 0.05) is 10.4 Å². The van der Waals surface area contributed by atoms with Crippen LogP contribution in [0.2, 0.25) is 0 Å². The van der Waals surface area contributed by atoms with E-state index >= 15 is 0 Å². The van der Waals surface area contributed by atoms with Crippen molar-refractivity contribution in [1.29, 1.82) is 0 Å². The molecule has 0 unspecified atom stereocenters. The molecule has 0 aliphatic carbocycles. The van der Waals surface area contributed by atoms with Crippen LogP contribution >= 0.6 is 11.3 Å². The van der Waals surface area contributed by atoms with Crippen LogP contribution in [0.15, 0.2) is 59.7 Å². The summed E-state index contributed by atoms with van der Waals surface area (Å²) in [6.07, 6.45) is 1.60. The predicted octanol–water partition coefficient (Wildman–Crippen LogP) is 4.92. The summed E-state index contributed by atoms with van der Waals surface area (Å²) in [5, 5.41) is 4.87. The Labute approximate surface area is 169 Å². The van der Waals surface area contributed by atoms with Gasteiger partial charge < -0.3 is 4.74 Å². The van der Waals surface area contributed by atoms with Crippen LogP contribution in [0.3, 0.4) is 0 Å². The number of rotatable bonds is 7. The fourth-order valence-corrected chi connectivity index (χ4v) is 3.36. The molecule has 1 heterocycles. The molecule has 0 radical (unpaired) electrons. The van der Waals surface area contributed by atoms with Gasteiger partial charge in [0.15, 0.2) is 0 Å². The highest BCUT2D eigenvalue weighted by Crippen LogP contribution is 2.27. The largest absolute Gasteiger partial charge is 0.493 e. The number of amides is 1. The van der Waals surface area contributed by atoms with Crippen molar-refractivity contribution in [3.63, 3.8) is 0 Å². The minimum Gasteiger partial charge on any atom is -0.493 e. The summed E-state index contributed by atoms with van der Waals surface area (Å²) < 4.78 is 5.65. The van der Waals surface area contributed by atoms with Crippen LogP contribution in [-0.2, 0) is 0 Å². The average molecular weight is 394 g/mol. The smallest absolute Gasteiger partial charge is 0.291 e. The molecule has 28 heavy (non-hydrogen) atoms. The summed E-state index contributed by atoms with van der Waals surface area (Å²) in [6.45, 7) is 6.78. The number of hydrogen-bond donors (Lipinski definition) is 1. The Hall–Kier alpha value is -2.99. The summed E-state index contributed by atoms with van der Waals surface area (Å²) in [5.41, 5.74) is 4.82. The van der Waals surface area contributed by atoms with Crippen LogP contribution < -0.4 is 10.2 Å². The van der Waals surface area contributed by atoms with Crippen LogP contribution in [0.5, 0.6) is 5.75 Å². The number of carbonyl (C=O) groups is 1. The Bertz CT molecular complexity index is 948. The monoisotopic (exact) mass is 393 g/mol. The Kier molecular flexibility index (Phi) is 6.55. The standard InChI is InChI=1S/C22H23N3O2S/c1-15(2)14-27-19-11-9-17(10-12-19)13-23-25-21(26)20-16(3)28-22(24-20)18-7-5-4-6-8-18/h4-13,15H,14H2,1-3H3,(H,25,26)/b23-13-. The van der Waals surface area contributed by atoms with Crippen molar-refractivity contribution >= 4 is 23.5 Å². The molecule has 1 aromatic heterocycles. The molecule has 0 atom stereocenters. The molecule has 0 saturated heterocycles. The topological polar surface area (TPSA) is 63.6 Å². The van der Waals surface area contributed by atoms with E-state index in [0.717, 1.165) is 26.8 Å². The van der Waals surface area contributed by atoms with E-state index in [-0.39, 0.29) is 5.91 Å². The zero-order valence-electron chi connectivity index (χ0n) is 16.2. The number of benzene rings is 2. The molecule has 2 aromatic carbocycles. The van der Waals surface area contributed by atoms with E-state index in [1.165, 1.54) is 11.3 Å². The third kappa shape index (κ3) is 5.27. The van der Waals surface area contributed by atoms with Gasteiger partial charge in [0.05, 0.1) is 12.8 Å². The molecule has 3 aromatic rings. The summed E-state index contributed by atoms with van der Waals surface area (Å²) in [5.74, 6) is 0.985. The third-order valence-electron chi connectivity index (χ3n) is 3.88. The molecule has 1 N–H and O–H groups in total. The van der Waals surface area contributed by atoms with Gasteiger partial charge in [0.2, 0.25) is 0 Å². The second kappa shape index (κ2) is 9.28. The highest BCUT2D eigenvalue weighted by atomic mass is 32.1. The minimum atomic E-state index is -0.316. The van der Waals surface area contributed by atoms with E-state index in [4.69, 9.17) is 4.74 Å². The molecule has 0 aliphatic heterocycles. The fourth-order valence-electron chi connectivity index (χ4n) is 2.44. The first kappa shape index (κ1) is 19.8. The lowest BCUT2D eigenvalue weighted by atomic mass is 10.2. The number of nitrogens with one attached hydrogen (secondary N) is 1. The molecule has 6 heteroatoms. The quantitative estimate of drug-likeness (QED) is 0.458. The van der Waals surface area contributed by atoms with Crippen molar-refractivity contribution in [2.24, 2.45) is 11.0 Å². The molecule has 3 rings (SSSR count). The summed E-state index contributed by atoms with van der Waals surface area (Å²) in [7, 11) is 0. The van der Waals surface area contributed by atoms with Gasteiger partial charge in [-0.2, -0.15) is 5.10 Å². The molecule has 0 bridgehead atoms. The Morgan fingerprint density at radius 3 is 2.57 bits per heavy atom. The van der Waals surface area contributed by atoms with Crippen LogP contribution in [-0.4, -0.2) is 23.7 Å². The zero-order valence-corrected chi connectivity index (χ0v) is 17.0. The normalized spacial score (nSPS) is 11.1. The third-order valence-corrected chi connectivity index (χ3v) is 4.90. The summed E-state index contributed by atoms with van der Waals surface area (Å²) in [6, 6.07) is 17.4. The average Bonchev–Trinajstić information content (AvgIpc) is 3.10. The van der Waals surface area contributed by atoms with Crippen LogP contribution in [0.1, 0.15) is 34.8 Å². The molecular weight excluding hydrogens is 370 g/mol. The Morgan fingerprint density at radius 1 is 1.18 bits per heavy atom. The van der Waals surface area contributed by atoms with Gasteiger partial charge in [0.1, 0.15) is 16.5 Å². The molecule has 0 saturated carbocycles. The molecule has 0 aliphatic rings. The fraction of sp³-hybridized carbons (Fsp3) is 0.227. The summed E-state index contributed by atoms with van der Waals surface area (Å²) >= 11 is 1.50. The minimum absolute atomic E-state index is 0.316. The number of nitrogens with zero attached hydrogens (tertiary/aromatic N) is 2. The highest BCUT2D eigenvalue weighted by Gasteiger charge is 2.15. The zero-order chi connectivity index (χ0) is 19.9. The lowest BCUT2D eigenvalue weighted by molar-refractivity contribution is 0.0950. The van der Waals surface area contributed by atoms with Crippen LogP contribution in [0.25, 0.3) is 10.6 Å². The van der Waals surface area contributed by atoms with E-state index in [9.17, 15) is 4.79 Å². The Morgan fingerprint density at radius 2 is 1.89 bits per heavy atom. The van der Waals surface area contributed by atoms with E-state index in [0.29, 0.717) is 18.2 Å². The van der Waals surface area contributed by atoms with Crippen LogP contribution in [0, 0.1) is 12.8 Å². The lowest BCUT2D eigenvalue weighted by Gasteiger charge is -2.08. The maximum Gasteiger partial charge on any atom is 0.291 e. The number of ether oxygens (including phenoxy) is 1. The molecule has 1 amide bonds. The molecule has 144 valence electrons. The van der Waals surface area contributed by atoms with E-state index in [1.807, 2.05) is 61.5 Å². The lowest BCUT2D eigenvalue weighted by Crippen LogP contribution is -2.18. The van der Waals surface area contributed by atoms with Gasteiger partial charge in [-0.3, -0.25) is 4.79 Å². The van der Waals surface area contributed by atoms with Crippen molar-refractivity contribution in [3.8, 4) is 16.3 Å². The Balaban J connectivity index is 1.60. The van der Waals surface area contributed by atoms with E-state index in [1.54, 1.807) is 6.21 Å². The summed E-state index contributed by atoms with van der Waals surface area (Å²) in [4.78, 5) is 17.7. The molecule has 0 fully saturated rings. The maximum atomic E-state index is 12.4. The van der Waals surface area contributed by atoms with Gasteiger partial charge >= 0.3 is 0 Å². The van der Waals surface area contributed by atoms with E-state index in [2.05, 4.69) is 29.4 Å². The predicted molar refractivity (Wildman–Crippen MR) is 114 cm³/mol. The van der Waals surface area contributed by atoms with Crippen molar-refractivity contribution in [1.82, 2.24) is 10.4 Å². The van der Waals surface area contributed by atoms with Gasteiger partial charge in [-0.15, -0.1) is 11.3 Å². The van der Waals surface area contributed by atoms with Crippen molar-refractivity contribution in [2.45, 2.75) is 20.8 Å². The van der Waals surface area contributed by atoms with Gasteiger partial charge in [-0.1, -0.05) is 44.2 Å². The molecule has 0 spiro atoms. The SMILES string of the molecule is Cc1sc(-c2ccccc2)nc1C(=O)N/N=C\c1ccc(OCC(C)C)cc1. The number of thiazole rings is 1. The van der Waals surface area contributed by atoms with Crippen LogP contribution in [0.4, 0.5) is 0 Å². The number of hydrazone groups is 1. The van der Waals surface area contributed by atoms with Crippen molar-refractivity contribution in [3.05, 3.63) is 70.7 Å². The maximum absolute atomic E-state index is 12.4. The van der Waals surface area contributed by atoms with Gasteiger partial charge in [-0.05, 0) is 42.7 Å². The van der Waals surface area contributed by atoms with E-state index < -0.39 is 0 Å². The number of hydrogen-bond acceptors (Lipinski definition) is 5. The molecule has 5 nitrogen and oxygen atoms in total. The van der Waals surface area contributed by atoms with Crippen molar-refractivity contribution in [2.75, 3.05) is 6.61 Å². The van der Waals surface area contributed by atoms with Gasteiger partial charge in [-0.25, -0.2) is 10.4 Å². The number of aromatic nitrogens is 1. The first-order valence-electron chi connectivity index (χ1n) is 9.12. The first-order chi connectivity index (χ1) is 13.5. The highest BCUT2D eigenvalue weighted by molar-refractivity contribution is 7.15. The second-order valence-electron chi connectivity index (χ2n) is 6.76. The number of aryl methyl sites for hydroxylation is 1. The second-order valence-corrected chi connectivity index (χ2v) is 7.97. The number of carbonyl (C=O) groups excluding carboxylic acids is 1. The molecular formula is C22H23N3O2S.